The molecule has 1 aromatic heterocycles. The summed E-state index contributed by atoms with van der Waals surface area (Å²) in [6.45, 7) is 5.36. The van der Waals surface area contributed by atoms with Crippen molar-refractivity contribution < 1.29 is 9.53 Å². The van der Waals surface area contributed by atoms with Crippen molar-refractivity contribution in [1.29, 1.82) is 0 Å². The maximum Gasteiger partial charge on any atom is 0.251 e. The number of nitrogens with zero attached hydrogens (tertiary/aromatic N) is 2. The molecule has 7 heteroatoms. The number of hydrogen-bond acceptors (Lipinski definition) is 5. The highest BCUT2D eigenvalue weighted by Crippen LogP contribution is 2.33. The Kier molecular flexibility index (Phi) is 7.57. The predicted octanol–water partition coefficient (Wildman–Crippen LogP) is 5.95. The van der Waals surface area contributed by atoms with Gasteiger partial charge in [0.05, 0.1) is 12.2 Å². The fourth-order valence-corrected chi connectivity index (χ4v) is 4.59. The molecule has 0 bridgehead atoms. The summed E-state index contributed by atoms with van der Waals surface area (Å²) in [5.41, 5.74) is 5.93. The third kappa shape index (κ3) is 6.04. The number of carbonyl (C=O) groups excluding carboxylic acids is 1. The van der Waals surface area contributed by atoms with Crippen molar-refractivity contribution in [1.82, 2.24) is 10.3 Å². The van der Waals surface area contributed by atoms with E-state index in [4.69, 9.17) is 21.3 Å². The van der Waals surface area contributed by atoms with Gasteiger partial charge in [-0.05, 0) is 66.1 Å². The van der Waals surface area contributed by atoms with Crippen molar-refractivity contribution in [3.8, 4) is 16.9 Å². The summed E-state index contributed by atoms with van der Waals surface area (Å²) < 4.78 is 5.66. The first kappa shape index (κ1) is 24.7. The first-order chi connectivity index (χ1) is 18.1. The van der Waals surface area contributed by atoms with Crippen LogP contribution >= 0.6 is 11.6 Å². The van der Waals surface area contributed by atoms with Crippen molar-refractivity contribution in [2.24, 2.45) is 0 Å². The van der Waals surface area contributed by atoms with E-state index in [0.717, 1.165) is 53.0 Å². The van der Waals surface area contributed by atoms with Crippen molar-refractivity contribution in [2.45, 2.75) is 13.5 Å². The summed E-state index contributed by atoms with van der Waals surface area (Å²) in [6, 6.07) is 25.3. The fourth-order valence-electron chi connectivity index (χ4n) is 4.39. The van der Waals surface area contributed by atoms with Crippen LogP contribution in [0.2, 0.25) is 5.02 Å². The highest BCUT2D eigenvalue weighted by molar-refractivity contribution is 6.30. The van der Waals surface area contributed by atoms with Crippen LogP contribution in [-0.2, 0) is 6.54 Å². The standard InChI is InChI=1S/C30H29ClN4O2/c1-21-10-11-26(31)17-25(21)20-35-14-12-32-29-28(35)18-24(19-34-29)22-6-5-7-23(16-22)30(36)33-13-15-37-27-8-3-2-4-9-27/h2-11,16-19H,12-15,20H2,1H3,(H,32,34)(H,33,36). The topological polar surface area (TPSA) is 66.5 Å². The molecule has 2 heterocycles. The molecule has 3 aromatic carbocycles. The van der Waals surface area contributed by atoms with Crippen LogP contribution in [0.15, 0.2) is 85.1 Å². The van der Waals surface area contributed by atoms with Gasteiger partial charge in [-0.1, -0.05) is 48.0 Å². The SMILES string of the molecule is Cc1ccc(Cl)cc1CN1CCNc2ncc(-c3cccc(C(=O)NCCOc4ccccc4)c3)cc21. The lowest BCUT2D eigenvalue weighted by Gasteiger charge is -2.32. The van der Waals surface area contributed by atoms with Crippen molar-refractivity contribution in [3.63, 3.8) is 0 Å². The van der Waals surface area contributed by atoms with Gasteiger partial charge < -0.3 is 20.3 Å². The van der Waals surface area contributed by atoms with E-state index in [0.29, 0.717) is 18.7 Å². The Balaban J connectivity index is 1.29. The van der Waals surface area contributed by atoms with Crippen molar-refractivity contribution >= 4 is 29.0 Å². The number of nitrogens with one attached hydrogen (secondary N) is 2. The number of amides is 1. The number of benzene rings is 3. The number of fused-ring (bicyclic) bond motifs is 1. The molecule has 6 nitrogen and oxygen atoms in total. The van der Waals surface area contributed by atoms with Gasteiger partial charge in [0.15, 0.2) is 0 Å². The Bertz CT molecular complexity index is 1390. The predicted molar refractivity (Wildman–Crippen MR) is 150 cm³/mol. The monoisotopic (exact) mass is 512 g/mol. The number of rotatable bonds is 8. The third-order valence-electron chi connectivity index (χ3n) is 6.41. The van der Waals surface area contributed by atoms with E-state index in [1.807, 2.05) is 72.9 Å². The van der Waals surface area contributed by atoms with Gasteiger partial charge in [-0.3, -0.25) is 4.79 Å². The van der Waals surface area contributed by atoms with Crippen LogP contribution < -0.4 is 20.3 Å². The maximum atomic E-state index is 12.8. The molecule has 0 atom stereocenters. The summed E-state index contributed by atoms with van der Waals surface area (Å²) in [6.07, 6.45) is 1.85. The van der Waals surface area contributed by atoms with E-state index < -0.39 is 0 Å². The Morgan fingerprint density at radius 3 is 2.78 bits per heavy atom. The van der Waals surface area contributed by atoms with Crippen LogP contribution in [-0.4, -0.2) is 37.1 Å². The Morgan fingerprint density at radius 2 is 1.92 bits per heavy atom. The highest BCUT2D eigenvalue weighted by Gasteiger charge is 2.20. The minimum absolute atomic E-state index is 0.135. The molecule has 1 aliphatic rings. The summed E-state index contributed by atoms with van der Waals surface area (Å²) >= 11 is 6.27. The highest BCUT2D eigenvalue weighted by atomic mass is 35.5. The third-order valence-corrected chi connectivity index (χ3v) is 6.65. The summed E-state index contributed by atoms with van der Waals surface area (Å²) in [7, 11) is 0. The summed E-state index contributed by atoms with van der Waals surface area (Å²) in [5.74, 6) is 1.51. The van der Waals surface area contributed by atoms with Crippen LogP contribution in [0.1, 0.15) is 21.5 Å². The van der Waals surface area contributed by atoms with E-state index in [-0.39, 0.29) is 5.91 Å². The quantitative estimate of drug-likeness (QED) is 0.285. The van der Waals surface area contributed by atoms with Crippen LogP contribution in [0, 0.1) is 6.92 Å². The number of hydrogen-bond donors (Lipinski definition) is 2. The molecule has 5 rings (SSSR count). The second-order valence-electron chi connectivity index (χ2n) is 9.01. The lowest BCUT2D eigenvalue weighted by atomic mass is 10.0. The molecule has 4 aromatic rings. The second-order valence-corrected chi connectivity index (χ2v) is 9.45. The van der Waals surface area contributed by atoms with Gasteiger partial charge in [0.1, 0.15) is 18.2 Å². The largest absolute Gasteiger partial charge is 0.492 e. The first-order valence-corrected chi connectivity index (χ1v) is 12.7. The molecular weight excluding hydrogens is 484 g/mol. The number of pyridine rings is 1. The van der Waals surface area contributed by atoms with Crippen molar-refractivity contribution in [3.05, 3.63) is 107 Å². The van der Waals surface area contributed by atoms with Crippen molar-refractivity contribution in [2.75, 3.05) is 36.5 Å². The molecule has 37 heavy (non-hydrogen) atoms. The minimum Gasteiger partial charge on any atom is -0.492 e. The van der Waals surface area contributed by atoms with E-state index in [9.17, 15) is 4.79 Å². The normalized spacial score (nSPS) is 12.4. The molecule has 0 aliphatic carbocycles. The molecule has 0 fully saturated rings. The van der Waals surface area contributed by atoms with Crippen LogP contribution in [0.5, 0.6) is 5.75 Å². The lowest BCUT2D eigenvalue weighted by Crippen LogP contribution is -2.34. The fraction of sp³-hybridized carbons (Fsp3) is 0.200. The Hall–Kier alpha value is -4.03. The number of para-hydroxylation sites is 1. The molecule has 0 saturated heterocycles. The number of halogens is 1. The molecule has 1 amide bonds. The van der Waals surface area contributed by atoms with Crippen LogP contribution in [0.25, 0.3) is 11.1 Å². The van der Waals surface area contributed by atoms with Gasteiger partial charge in [-0.2, -0.15) is 0 Å². The van der Waals surface area contributed by atoms with Gasteiger partial charge in [-0.15, -0.1) is 0 Å². The number of ether oxygens (including phenoxy) is 1. The minimum atomic E-state index is -0.135. The molecular formula is C30H29ClN4O2. The molecule has 0 spiro atoms. The number of anilines is 2. The van der Waals surface area contributed by atoms with E-state index in [2.05, 4.69) is 34.6 Å². The maximum absolute atomic E-state index is 12.8. The molecule has 188 valence electrons. The van der Waals surface area contributed by atoms with Crippen LogP contribution in [0.4, 0.5) is 11.5 Å². The van der Waals surface area contributed by atoms with Crippen LogP contribution in [0.3, 0.4) is 0 Å². The lowest BCUT2D eigenvalue weighted by molar-refractivity contribution is 0.0947. The molecule has 1 aliphatic heterocycles. The average Bonchev–Trinajstić information content (AvgIpc) is 2.93. The van der Waals surface area contributed by atoms with E-state index in [1.165, 1.54) is 11.1 Å². The second kappa shape index (κ2) is 11.4. The zero-order chi connectivity index (χ0) is 25.6. The van der Waals surface area contributed by atoms with Gasteiger partial charge in [0.25, 0.3) is 5.91 Å². The molecule has 0 radical (unpaired) electrons. The van der Waals surface area contributed by atoms with Gasteiger partial charge >= 0.3 is 0 Å². The molecule has 0 saturated carbocycles. The summed E-state index contributed by atoms with van der Waals surface area (Å²) in [5, 5.41) is 7.07. The van der Waals surface area contributed by atoms with Gasteiger partial charge in [0.2, 0.25) is 0 Å². The number of aromatic nitrogens is 1. The van der Waals surface area contributed by atoms with Gasteiger partial charge in [0, 0.05) is 42.0 Å². The smallest absolute Gasteiger partial charge is 0.251 e. The average molecular weight is 513 g/mol. The number of aryl methyl sites for hydroxylation is 1. The first-order valence-electron chi connectivity index (χ1n) is 12.4. The zero-order valence-corrected chi connectivity index (χ0v) is 21.5. The summed E-state index contributed by atoms with van der Waals surface area (Å²) in [4.78, 5) is 19.8. The number of carbonyl (C=O) groups is 1. The molecule has 2 N–H and O–H groups in total. The van der Waals surface area contributed by atoms with E-state index in [1.54, 1.807) is 0 Å². The Morgan fingerprint density at radius 1 is 1.05 bits per heavy atom. The Labute approximate surface area is 222 Å². The molecule has 0 unspecified atom stereocenters. The van der Waals surface area contributed by atoms with E-state index >= 15 is 0 Å². The zero-order valence-electron chi connectivity index (χ0n) is 20.7. The van der Waals surface area contributed by atoms with Gasteiger partial charge in [-0.25, -0.2) is 4.98 Å².